The zero-order chi connectivity index (χ0) is 11.8. The third-order valence-corrected chi connectivity index (χ3v) is 3.08. The van der Waals surface area contributed by atoms with Gasteiger partial charge in [0.2, 0.25) is 0 Å². The Morgan fingerprint density at radius 1 is 1.19 bits per heavy atom. The van der Waals surface area contributed by atoms with Crippen molar-refractivity contribution in [2.24, 2.45) is 5.73 Å². The molecule has 0 aromatic carbocycles. The van der Waals surface area contributed by atoms with Crippen LogP contribution in [-0.2, 0) is 13.1 Å². The maximum absolute atomic E-state index is 5.67. The zero-order valence-corrected chi connectivity index (χ0v) is 10.7. The molecule has 0 saturated heterocycles. The minimum Gasteiger partial charge on any atom is -0.331 e. The predicted molar refractivity (Wildman–Crippen MR) is 68.2 cm³/mol. The maximum atomic E-state index is 5.67. The quantitative estimate of drug-likeness (QED) is 0.688. The van der Waals surface area contributed by atoms with E-state index in [0.717, 1.165) is 18.1 Å². The maximum Gasteiger partial charge on any atom is 0.105 e. The van der Waals surface area contributed by atoms with Gasteiger partial charge in [0.25, 0.3) is 0 Å². The molecule has 0 aliphatic heterocycles. The van der Waals surface area contributed by atoms with Crippen LogP contribution in [0.3, 0.4) is 0 Å². The van der Waals surface area contributed by atoms with Gasteiger partial charge in [-0.1, -0.05) is 39.0 Å². The second kappa shape index (κ2) is 7.44. The van der Waals surface area contributed by atoms with Gasteiger partial charge < -0.3 is 10.3 Å². The number of nitrogens with zero attached hydrogens (tertiary/aromatic N) is 2. The van der Waals surface area contributed by atoms with Gasteiger partial charge in [0.1, 0.15) is 5.82 Å². The molecule has 2 N–H and O–H groups in total. The summed E-state index contributed by atoms with van der Waals surface area (Å²) in [4.78, 5) is 4.30. The molecule has 0 spiro atoms. The first-order valence-corrected chi connectivity index (χ1v) is 6.50. The molecule has 0 amide bonds. The van der Waals surface area contributed by atoms with Crippen LogP contribution in [0.2, 0.25) is 0 Å². The normalized spacial score (nSPS) is 10.9. The van der Waals surface area contributed by atoms with Crippen LogP contribution in [0.1, 0.15) is 57.0 Å². The van der Waals surface area contributed by atoms with E-state index in [1.807, 2.05) is 6.20 Å². The molecule has 0 aliphatic carbocycles. The second-order valence-electron chi connectivity index (χ2n) is 4.42. The van der Waals surface area contributed by atoms with E-state index in [4.69, 9.17) is 5.73 Å². The fraction of sp³-hybridized carbons (Fsp3) is 0.769. The predicted octanol–water partition coefficient (Wildman–Crippen LogP) is 3.01. The Morgan fingerprint density at radius 3 is 2.56 bits per heavy atom. The molecule has 0 aliphatic rings. The smallest absolute Gasteiger partial charge is 0.105 e. The molecule has 1 heterocycles. The fourth-order valence-electron chi connectivity index (χ4n) is 2.03. The molecule has 1 aromatic heterocycles. The van der Waals surface area contributed by atoms with Gasteiger partial charge in [-0.25, -0.2) is 4.98 Å². The van der Waals surface area contributed by atoms with Gasteiger partial charge in [0.05, 0.1) is 5.69 Å². The molecule has 0 unspecified atom stereocenters. The van der Waals surface area contributed by atoms with Crippen molar-refractivity contribution in [2.75, 3.05) is 0 Å². The Kier molecular flexibility index (Phi) is 6.16. The molecule has 0 fully saturated rings. The van der Waals surface area contributed by atoms with Gasteiger partial charge in [-0.3, -0.25) is 0 Å². The van der Waals surface area contributed by atoms with E-state index in [1.54, 1.807) is 0 Å². The number of imidazole rings is 1. The number of hydrogen-bond donors (Lipinski definition) is 1. The lowest BCUT2D eigenvalue weighted by atomic mass is 10.1. The van der Waals surface area contributed by atoms with Crippen molar-refractivity contribution in [3.05, 3.63) is 17.7 Å². The van der Waals surface area contributed by atoms with Crippen molar-refractivity contribution < 1.29 is 0 Å². The van der Waals surface area contributed by atoms with E-state index in [0.29, 0.717) is 6.54 Å². The Hall–Kier alpha value is -0.830. The minimum atomic E-state index is 0.594. The summed E-state index contributed by atoms with van der Waals surface area (Å²) in [5.74, 6) is 1.09. The highest BCUT2D eigenvalue weighted by atomic mass is 15.1. The number of unbranched alkanes of at least 4 members (excludes halogenated alkanes) is 5. The van der Waals surface area contributed by atoms with Gasteiger partial charge >= 0.3 is 0 Å². The highest BCUT2D eigenvalue weighted by Gasteiger charge is 2.03. The molecule has 92 valence electrons. The van der Waals surface area contributed by atoms with Crippen LogP contribution in [-0.4, -0.2) is 9.55 Å². The molecule has 1 aromatic rings. The van der Waals surface area contributed by atoms with Crippen molar-refractivity contribution in [3.63, 3.8) is 0 Å². The summed E-state index contributed by atoms with van der Waals surface area (Å²) in [6.07, 6.45) is 9.89. The van der Waals surface area contributed by atoms with Crippen molar-refractivity contribution in [1.82, 2.24) is 9.55 Å². The molecule has 16 heavy (non-hydrogen) atoms. The summed E-state index contributed by atoms with van der Waals surface area (Å²) < 4.78 is 2.25. The summed E-state index contributed by atoms with van der Waals surface area (Å²) >= 11 is 0. The average molecular weight is 223 g/mol. The van der Waals surface area contributed by atoms with Gasteiger partial charge in [-0.2, -0.15) is 0 Å². The molecule has 0 saturated carbocycles. The van der Waals surface area contributed by atoms with Crippen LogP contribution in [0.4, 0.5) is 0 Å². The third-order valence-electron chi connectivity index (χ3n) is 3.08. The number of aryl methyl sites for hydroxylation is 1. The van der Waals surface area contributed by atoms with Crippen LogP contribution in [0, 0.1) is 6.92 Å². The summed E-state index contributed by atoms with van der Waals surface area (Å²) in [7, 11) is 0. The van der Waals surface area contributed by atoms with E-state index in [-0.39, 0.29) is 0 Å². The molecule has 1 rings (SSSR count). The number of rotatable bonds is 8. The largest absolute Gasteiger partial charge is 0.331 e. The Bertz CT molecular complexity index is 291. The summed E-state index contributed by atoms with van der Waals surface area (Å²) in [5.41, 5.74) is 6.83. The summed E-state index contributed by atoms with van der Waals surface area (Å²) in [5, 5.41) is 0. The Balaban J connectivity index is 2.23. The topological polar surface area (TPSA) is 43.8 Å². The second-order valence-corrected chi connectivity index (χ2v) is 4.42. The van der Waals surface area contributed by atoms with Gasteiger partial charge in [-0.15, -0.1) is 0 Å². The van der Waals surface area contributed by atoms with Crippen LogP contribution in [0.5, 0.6) is 0 Å². The lowest BCUT2D eigenvalue weighted by Crippen LogP contribution is -2.09. The first-order valence-electron chi connectivity index (χ1n) is 6.50. The minimum absolute atomic E-state index is 0.594. The monoisotopic (exact) mass is 223 g/mol. The van der Waals surface area contributed by atoms with E-state index >= 15 is 0 Å². The molecule has 0 radical (unpaired) electrons. The first-order chi connectivity index (χ1) is 7.79. The van der Waals surface area contributed by atoms with E-state index in [1.165, 1.54) is 38.5 Å². The van der Waals surface area contributed by atoms with Crippen molar-refractivity contribution in [2.45, 2.75) is 65.5 Å². The summed E-state index contributed by atoms with van der Waals surface area (Å²) in [6.45, 7) is 5.97. The number of hydrogen-bond acceptors (Lipinski definition) is 2. The van der Waals surface area contributed by atoms with Crippen molar-refractivity contribution in [3.8, 4) is 0 Å². The highest BCUT2D eigenvalue weighted by Crippen LogP contribution is 2.09. The van der Waals surface area contributed by atoms with Gasteiger partial charge in [-0.05, 0) is 13.3 Å². The summed E-state index contributed by atoms with van der Waals surface area (Å²) in [6, 6.07) is 0. The first kappa shape index (κ1) is 13.2. The Morgan fingerprint density at radius 2 is 1.88 bits per heavy atom. The SMILES string of the molecule is CCCCCCCCn1c(CN)cnc1C. The zero-order valence-electron chi connectivity index (χ0n) is 10.7. The number of nitrogens with two attached hydrogens (primary N) is 1. The molecule has 3 nitrogen and oxygen atoms in total. The average Bonchev–Trinajstić information content (AvgIpc) is 2.65. The Labute approximate surface area is 99.1 Å². The van der Waals surface area contributed by atoms with Crippen molar-refractivity contribution in [1.29, 1.82) is 0 Å². The molecular formula is C13H25N3. The number of aromatic nitrogens is 2. The fourth-order valence-corrected chi connectivity index (χ4v) is 2.03. The van der Waals surface area contributed by atoms with Crippen LogP contribution in [0.25, 0.3) is 0 Å². The molecule has 3 heteroatoms. The van der Waals surface area contributed by atoms with E-state index < -0.39 is 0 Å². The van der Waals surface area contributed by atoms with Crippen LogP contribution in [0.15, 0.2) is 6.20 Å². The molecule has 0 bridgehead atoms. The van der Waals surface area contributed by atoms with Crippen LogP contribution < -0.4 is 5.73 Å². The standard InChI is InChI=1S/C13H25N3/c1-3-4-5-6-7-8-9-16-12(2)15-11-13(16)10-14/h11H,3-10,14H2,1-2H3. The van der Waals surface area contributed by atoms with Crippen LogP contribution >= 0.6 is 0 Å². The lowest BCUT2D eigenvalue weighted by molar-refractivity contribution is 0.541. The van der Waals surface area contributed by atoms with Gasteiger partial charge in [0.15, 0.2) is 0 Å². The van der Waals surface area contributed by atoms with Gasteiger partial charge in [0, 0.05) is 19.3 Å². The van der Waals surface area contributed by atoms with E-state index in [2.05, 4.69) is 23.4 Å². The molecular weight excluding hydrogens is 198 g/mol. The molecule has 0 atom stereocenters. The van der Waals surface area contributed by atoms with E-state index in [9.17, 15) is 0 Å². The van der Waals surface area contributed by atoms with Crippen molar-refractivity contribution >= 4 is 0 Å². The third kappa shape index (κ3) is 3.97. The highest BCUT2D eigenvalue weighted by molar-refractivity contribution is 5.03. The lowest BCUT2D eigenvalue weighted by Gasteiger charge is -2.08.